The summed E-state index contributed by atoms with van der Waals surface area (Å²) < 4.78 is 4.87. The summed E-state index contributed by atoms with van der Waals surface area (Å²) in [5.74, 6) is -0.106. The molecule has 1 unspecified atom stereocenters. The molecule has 0 bridgehead atoms. The summed E-state index contributed by atoms with van der Waals surface area (Å²) in [5.41, 5.74) is 2.24. The van der Waals surface area contributed by atoms with Gasteiger partial charge in [0.05, 0.1) is 12.1 Å². The van der Waals surface area contributed by atoms with E-state index in [4.69, 9.17) is 16.1 Å². The van der Waals surface area contributed by atoms with E-state index in [0.29, 0.717) is 17.8 Å². The minimum absolute atomic E-state index is 0.106. The van der Waals surface area contributed by atoms with E-state index in [1.54, 1.807) is 6.92 Å². The number of benzene rings is 1. The monoisotopic (exact) mass is 349 g/mol. The van der Waals surface area contributed by atoms with Crippen LogP contribution in [-0.2, 0) is 11.2 Å². The number of aryl methyl sites for hydroxylation is 1. The van der Waals surface area contributed by atoms with Gasteiger partial charge in [0.15, 0.2) is 0 Å². The van der Waals surface area contributed by atoms with E-state index in [1.165, 1.54) is 5.56 Å². The number of halogens is 1. The largest absolute Gasteiger partial charge is 0.354 e. The molecule has 0 saturated heterocycles. The van der Waals surface area contributed by atoms with Crippen LogP contribution in [0.2, 0.25) is 5.22 Å². The van der Waals surface area contributed by atoms with E-state index in [-0.39, 0.29) is 29.1 Å². The molecule has 1 amide bonds. The van der Waals surface area contributed by atoms with Crippen molar-refractivity contribution < 1.29 is 9.32 Å². The number of hydrogen-bond donors (Lipinski definition) is 2. The maximum absolute atomic E-state index is 12.2. The van der Waals surface area contributed by atoms with Crippen LogP contribution in [0.3, 0.4) is 0 Å². The van der Waals surface area contributed by atoms with Crippen molar-refractivity contribution in [2.75, 3.05) is 6.54 Å². The van der Waals surface area contributed by atoms with Crippen LogP contribution in [0.4, 0.5) is 0 Å². The molecule has 130 valence electrons. The highest BCUT2D eigenvalue weighted by atomic mass is 35.5. The summed E-state index contributed by atoms with van der Waals surface area (Å²) in [5, 5.41) is 10.4. The minimum Gasteiger partial charge on any atom is -0.354 e. The Bertz CT molecular complexity index is 663. The smallest absolute Gasteiger partial charge is 0.229 e. The third-order valence-electron chi connectivity index (χ3n) is 3.91. The van der Waals surface area contributed by atoms with Crippen molar-refractivity contribution in [3.63, 3.8) is 0 Å². The molecule has 6 heteroatoms. The number of rotatable bonds is 7. The maximum atomic E-state index is 12.2. The topological polar surface area (TPSA) is 67.2 Å². The highest BCUT2D eigenvalue weighted by molar-refractivity contribution is 6.29. The molecule has 1 aromatic heterocycles. The molecule has 1 atom stereocenters. The lowest BCUT2D eigenvalue weighted by Crippen LogP contribution is -2.50. The van der Waals surface area contributed by atoms with Crippen LogP contribution in [-0.4, -0.2) is 23.1 Å². The van der Waals surface area contributed by atoms with Gasteiger partial charge in [0.2, 0.25) is 11.1 Å². The second kappa shape index (κ2) is 7.81. The van der Waals surface area contributed by atoms with Crippen LogP contribution in [0, 0.1) is 6.92 Å². The standard InChI is InChI=1S/C18H24ClN3O2/c1-12(14-8-6-5-7-9-14)21-18(3,4)11-20-16(23)10-15-13(2)22-24-17(15)19/h5-9,12,21H,10-11H2,1-4H3,(H,20,23). The van der Waals surface area contributed by atoms with Gasteiger partial charge in [0, 0.05) is 23.7 Å². The van der Waals surface area contributed by atoms with Crippen molar-refractivity contribution in [1.82, 2.24) is 15.8 Å². The predicted molar refractivity (Wildman–Crippen MR) is 95.0 cm³/mol. The summed E-state index contributed by atoms with van der Waals surface area (Å²) in [6.07, 6.45) is 0.165. The van der Waals surface area contributed by atoms with Crippen LogP contribution < -0.4 is 10.6 Å². The number of nitrogens with one attached hydrogen (secondary N) is 2. The molecule has 2 rings (SSSR count). The zero-order valence-electron chi connectivity index (χ0n) is 14.5. The van der Waals surface area contributed by atoms with Gasteiger partial charge in [-0.1, -0.05) is 35.5 Å². The first-order chi connectivity index (χ1) is 11.3. The van der Waals surface area contributed by atoms with Crippen molar-refractivity contribution >= 4 is 17.5 Å². The molecule has 2 N–H and O–H groups in total. The Kier molecular flexibility index (Phi) is 6.02. The third kappa shape index (κ3) is 5.08. The van der Waals surface area contributed by atoms with Gasteiger partial charge >= 0.3 is 0 Å². The molecule has 24 heavy (non-hydrogen) atoms. The van der Waals surface area contributed by atoms with Crippen LogP contribution in [0.5, 0.6) is 0 Å². The zero-order valence-corrected chi connectivity index (χ0v) is 15.3. The van der Waals surface area contributed by atoms with E-state index in [2.05, 4.69) is 48.7 Å². The van der Waals surface area contributed by atoms with Crippen LogP contribution in [0.15, 0.2) is 34.9 Å². The van der Waals surface area contributed by atoms with Gasteiger partial charge in [-0.3, -0.25) is 4.79 Å². The summed E-state index contributed by atoms with van der Waals surface area (Å²) >= 11 is 5.89. The van der Waals surface area contributed by atoms with Gasteiger partial charge in [-0.05, 0) is 44.9 Å². The SMILES string of the molecule is Cc1noc(Cl)c1CC(=O)NCC(C)(C)NC(C)c1ccccc1. The van der Waals surface area contributed by atoms with Crippen LogP contribution in [0.1, 0.15) is 43.6 Å². The first kappa shape index (κ1) is 18.5. The fraction of sp³-hybridized carbons (Fsp3) is 0.444. The molecule has 1 aromatic carbocycles. The van der Waals surface area contributed by atoms with Crippen LogP contribution >= 0.6 is 11.6 Å². The van der Waals surface area contributed by atoms with E-state index in [9.17, 15) is 4.79 Å². The number of carbonyl (C=O) groups excluding carboxylic acids is 1. The Morgan fingerprint density at radius 3 is 2.58 bits per heavy atom. The molecule has 0 radical (unpaired) electrons. The highest BCUT2D eigenvalue weighted by Crippen LogP contribution is 2.19. The fourth-order valence-electron chi connectivity index (χ4n) is 2.56. The molecular formula is C18H24ClN3O2. The lowest BCUT2D eigenvalue weighted by Gasteiger charge is -2.31. The Morgan fingerprint density at radius 2 is 2.00 bits per heavy atom. The molecule has 0 aliphatic carbocycles. The Hall–Kier alpha value is -1.85. The lowest BCUT2D eigenvalue weighted by atomic mass is 10.0. The second-order valence-electron chi connectivity index (χ2n) is 6.63. The summed E-state index contributed by atoms with van der Waals surface area (Å²) in [4.78, 5) is 12.2. The van der Waals surface area contributed by atoms with Crippen molar-refractivity contribution in [2.24, 2.45) is 0 Å². The fourth-order valence-corrected chi connectivity index (χ4v) is 2.80. The second-order valence-corrected chi connectivity index (χ2v) is 6.98. The first-order valence-corrected chi connectivity index (χ1v) is 8.36. The summed E-state index contributed by atoms with van der Waals surface area (Å²) in [6, 6.07) is 10.4. The molecule has 0 fully saturated rings. The van der Waals surface area contributed by atoms with Crippen molar-refractivity contribution in [3.05, 3.63) is 52.4 Å². The highest BCUT2D eigenvalue weighted by Gasteiger charge is 2.22. The van der Waals surface area contributed by atoms with E-state index in [1.807, 2.05) is 18.2 Å². The molecule has 1 heterocycles. The molecule has 2 aromatic rings. The molecule has 0 spiro atoms. The van der Waals surface area contributed by atoms with E-state index < -0.39 is 0 Å². The van der Waals surface area contributed by atoms with Gasteiger partial charge in [-0.25, -0.2) is 0 Å². The zero-order chi connectivity index (χ0) is 17.7. The van der Waals surface area contributed by atoms with Crippen molar-refractivity contribution in [3.8, 4) is 0 Å². The molecule has 0 saturated carbocycles. The Labute approximate surface area is 147 Å². The average molecular weight is 350 g/mol. The van der Waals surface area contributed by atoms with Gasteiger partial charge in [0.1, 0.15) is 0 Å². The molecule has 0 aliphatic heterocycles. The van der Waals surface area contributed by atoms with Gasteiger partial charge in [-0.2, -0.15) is 0 Å². The normalized spacial score (nSPS) is 12.9. The van der Waals surface area contributed by atoms with Crippen molar-refractivity contribution in [2.45, 2.75) is 45.7 Å². The number of amides is 1. The predicted octanol–water partition coefficient (Wildman–Crippen LogP) is 3.42. The number of aromatic nitrogens is 1. The first-order valence-electron chi connectivity index (χ1n) is 7.98. The summed E-state index contributed by atoms with van der Waals surface area (Å²) in [7, 11) is 0. The Balaban J connectivity index is 1.86. The molecule has 5 nitrogen and oxygen atoms in total. The summed E-state index contributed by atoms with van der Waals surface area (Å²) in [6.45, 7) is 8.50. The molecular weight excluding hydrogens is 326 g/mol. The molecule has 0 aliphatic rings. The Morgan fingerprint density at radius 1 is 1.33 bits per heavy atom. The quantitative estimate of drug-likeness (QED) is 0.803. The van der Waals surface area contributed by atoms with Gasteiger partial charge < -0.3 is 15.2 Å². The van der Waals surface area contributed by atoms with Gasteiger partial charge in [-0.15, -0.1) is 0 Å². The average Bonchev–Trinajstić information content (AvgIpc) is 2.85. The van der Waals surface area contributed by atoms with Gasteiger partial charge in [0.25, 0.3) is 0 Å². The number of carbonyl (C=O) groups is 1. The minimum atomic E-state index is -0.252. The van der Waals surface area contributed by atoms with E-state index in [0.717, 1.165) is 0 Å². The maximum Gasteiger partial charge on any atom is 0.229 e. The van der Waals surface area contributed by atoms with Crippen molar-refractivity contribution in [1.29, 1.82) is 0 Å². The number of hydrogen-bond acceptors (Lipinski definition) is 4. The third-order valence-corrected chi connectivity index (χ3v) is 4.21. The number of nitrogens with zero attached hydrogens (tertiary/aromatic N) is 1. The lowest BCUT2D eigenvalue weighted by molar-refractivity contribution is -0.120. The van der Waals surface area contributed by atoms with Crippen LogP contribution in [0.25, 0.3) is 0 Å². The van der Waals surface area contributed by atoms with E-state index >= 15 is 0 Å².